The van der Waals surface area contributed by atoms with Crippen molar-refractivity contribution in [3.8, 4) is 0 Å². The van der Waals surface area contributed by atoms with Gasteiger partial charge in [-0.1, -0.05) is 54.7 Å². The molecule has 11 heteroatoms. The highest BCUT2D eigenvalue weighted by atomic mass is 35.5. The highest BCUT2D eigenvalue weighted by Crippen LogP contribution is 2.30. The molecule has 2 aromatic carbocycles. The SMILES string of the molecule is CCCCNC(=O)C(C)N(Cc1ccc(Cl)c(Cl)c1)C(=O)CCN1C(=O)c2ccccc2S1(=O)=O. The van der Waals surface area contributed by atoms with Crippen molar-refractivity contribution >= 4 is 50.9 Å². The maximum atomic E-state index is 13.3. The zero-order chi connectivity index (χ0) is 25.8. The molecule has 1 atom stereocenters. The number of sulfonamides is 1. The molecule has 35 heavy (non-hydrogen) atoms. The predicted molar refractivity (Wildman–Crippen MR) is 134 cm³/mol. The van der Waals surface area contributed by atoms with E-state index in [0.717, 1.165) is 12.8 Å². The molecule has 0 saturated carbocycles. The number of unbranched alkanes of at least 4 members (excludes halogenated alkanes) is 1. The molecular formula is C24H27Cl2N3O5S. The van der Waals surface area contributed by atoms with Gasteiger partial charge in [0, 0.05) is 26.1 Å². The van der Waals surface area contributed by atoms with Crippen molar-refractivity contribution < 1.29 is 22.8 Å². The van der Waals surface area contributed by atoms with Crippen LogP contribution < -0.4 is 5.32 Å². The molecule has 1 N–H and O–H groups in total. The Balaban J connectivity index is 1.78. The molecule has 0 bridgehead atoms. The Morgan fingerprint density at radius 3 is 2.49 bits per heavy atom. The topological polar surface area (TPSA) is 104 Å². The first-order valence-corrected chi connectivity index (χ1v) is 13.4. The third kappa shape index (κ3) is 5.97. The third-order valence-corrected chi connectivity index (χ3v) is 8.35. The number of fused-ring (bicyclic) bond motifs is 1. The van der Waals surface area contributed by atoms with Crippen LogP contribution in [0.5, 0.6) is 0 Å². The van der Waals surface area contributed by atoms with Crippen LogP contribution in [-0.2, 0) is 26.2 Å². The number of nitrogens with one attached hydrogen (secondary N) is 1. The number of halogens is 2. The largest absolute Gasteiger partial charge is 0.354 e. The van der Waals surface area contributed by atoms with E-state index in [1.54, 1.807) is 31.2 Å². The van der Waals surface area contributed by atoms with Gasteiger partial charge in [-0.3, -0.25) is 14.4 Å². The van der Waals surface area contributed by atoms with Gasteiger partial charge >= 0.3 is 0 Å². The van der Waals surface area contributed by atoms with E-state index < -0.39 is 27.9 Å². The zero-order valence-corrected chi connectivity index (χ0v) is 21.8. The minimum Gasteiger partial charge on any atom is -0.354 e. The van der Waals surface area contributed by atoms with E-state index in [-0.39, 0.29) is 35.9 Å². The lowest BCUT2D eigenvalue weighted by atomic mass is 10.1. The van der Waals surface area contributed by atoms with Crippen molar-refractivity contribution in [3.05, 3.63) is 63.6 Å². The van der Waals surface area contributed by atoms with E-state index in [1.165, 1.54) is 23.1 Å². The summed E-state index contributed by atoms with van der Waals surface area (Å²) in [5.74, 6) is -1.48. The molecule has 3 amide bonds. The number of amides is 3. The normalized spacial score (nSPS) is 15.0. The molecule has 3 rings (SSSR count). The van der Waals surface area contributed by atoms with E-state index in [4.69, 9.17) is 23.2 Å². The Bertz CT molecular complexity index is 1240. The Labute approximate surface area is 215 Å². The second kappa shape index (κ2) is 11.4. The molecule has 1 unspecified atom stereocenters. The van der Waals surface area contributed by atoms with Crippen LogP contribution in [0.3, 0.4) is 0 Å². The number of benzene rings is 2. The molecule has 188 valence electrons. The molecule has 1 aliphatic rings. The lowest BCUT2D eigenvalue weighted by Crippen LogP contribution is -2.48. The summed E-state index contributed by atoms with van der Waals surface area (Å²) in [5, 5.41) is 3.48. The Morgan fingerprint density at radius 2 is 1.83 bits per heavy atom. The van der Waals surface area contributed by atoms with Crippen molar-refractivity contribution in [1.29, 1.82) is 0 Å². The highest BCUT2D eigenvalue weighted by molar-refractivity contribution is 7.90. The Morgan fingerprint density at radius 1 is 1.11 bits per heavy atom. The zero-order valence-electron chi connectivity index (χ0n) is 19.5. The number of carbonyl (C=O) groups excluding carboxylic acids is 3. The average molecular weight is 540 g/mol. The van der Waals surface area contributed by atoms with Gasteiger partial charge in [0.15, 0.2) is 0 Å². The summed E-state index contributed by atoms with van der Waals surface area (Å²) < 4.78 is 26.3. The van der Waals surface area contributed by atoms with Gasteiger partial charge in [0.1, 0.15) is 10.9 Å². The van der Waals surface area contributed by atoms with Crippen molar-refractivity contribution in [3.63, 3.8) is 0 Å². The summed E-state index contributed by atoms with van der Waals surface area (Å²) in [6, 6.07) is 9.99. The van der Waals surface area contributed by atoms with E-state index >= 15 is 0 Å². The summed E-state index contributed by atoms with van der Waals surface area (Å²) in [6.45, 7) is 3.80. The van der Waals surface area contributed by atoms with Crippen molar-refractivity contribution in [2.24, 2.45) is 0 Å². The van der Waals surface area contributed by atoms with Crippen LogP contribution in [0.2, 0.25) is 10.0 Å². The van der Waals surface area contributed by atoms with E-state index in [1.807, 2.05) is 6.92 Å². The van der Waals surface area contributed by atoms with Gasteiger partial charge in [0.2, 0.25) is 11.8 Å². The fourth-order valence-electron chi connectivity index (χ4n) is 3.75. The molecular weight excluding hydrogens is 513 g/mol. The minimum absolute atomic E-state index is 0.0546. The van der Waals surface area contributed by atoms with Crippen molar-refractivity contribution in [2.75, 3.05) is 13.1 Å². The molecule has 1 heterocycles. The predicted octanol–water partition coefficient (Wildman–Crippen LogP) is 3.86. The molecule has 0 aromatic heterocycles. The summed E-state index contributed by atoms with van der Waals surface area (Å²) >= 11 is 12.1. The van der Waals surface area contributed by atoms with Gasteiger partial charge in [0.05, 0.1) is 15.6 Å². The quantitative estimate of drug-likeness (QED) is 0.461. The van der Waals surface area contributed by atoms with Gasteiger partial charge in [-0.05, 0) is 43.2 Å². The van der Waals surface area contributed by atoms with Gasteiger partial charge in [-0.2, -0.15) is 0 Å². The molecule has 0 saturated heterocycles. The third-order valence-electron chi connectivity index (χ3n) is 5.77. The first kappa shape index (κ1) is 27.0. The van der Waals surface area contributed by atoms with Crippen LogP contribution in [-0.4, -0.2) is 54.5 Å². The fourth-order valence-corrected chi connectivity index (χ4v) is 5.64. The lowest BCUT2D eigenvalue weighted by molar-refractivity contribution is -0.140. The minimum atomic E-state index is -4.04. The van der Waals surface area contributed by atoms with Gasteiger partial charge in [-0.15, -0.1) is 0 Å². The van der Waals surface area contributed by atoms with Gasteiger partial charge < -0.3 is 10.2 Å². The molecule has 8 nitrogen and oxygen atoms in total. The van der Waals surface area contributed by atoms with Crippen LogP contribution in [0.4, 0.5) is 0 Å². The number of hydrogen-bond acceptors (Lipinski definition) is 5. The summed E-state index contributed by atoms with van der Waals surface area (Å²) in [5.41, 5.74) is 0.731. The Kier molecular flexibility index (Phi) is 8.79. The maximum absolute atomic E-state index is 13.3. The maximum Gasteiger partial charge on any atom is 0.269 e. The molecule has 0 aliphatic carbocycles. The molecule has 2 aromatic rings. The smallest absolute Gasteiger partial charge is 0.269 e. The molecule has 0 fully saturated rings. The summed E-state index contributed by atoms with van der Waals surface area (Å²) in [4.78, 5) is 40.0. The Hall–Kier alpha value is -2.62. The first-order chi connectivity index (χ1) is 16.6. The molecule has 0 radical (unpaired) electrons. The van der Waals surface area contributed by atoms with Crippen LogP contribution in [0.15, 0.2) is 47.4 Å². The number of hydrogen-bond donors (Lipinski definition) is 1. The van der Waals surface area contributed by atoms with Crippen LogP contribution in [0.1, 0.15) is 49.0 Å². The van der Waals surface area contributed by atoms with E-state index in [0.29, 0.717) is 26.5 Å². The average Bonchev–Trinajstić information content (AvgIpc) is 3.03. The van der Waals surface area contributed by atoms with Gasteiger partial charge in [0.25, 0.3) is 15.9 Å². The second-order valence-corrected chi connectivity index (χ2v) is 10.9. The number of rotatable bonds is 10. The summed E-state index contributed by atoms with van der Waals surface area (Å²) in [6.07, 6.45) is 1.42. The van der Waals surface area contributed by atoms with E-state index in [2.05, 4.69) is 5.32 Å². The fraction of sp³-hybridized carbons (Fsp3) is 0.375. The van der Waals surface area contributed by atoms with Crippen LogP contribution in [0.25, 0.3) is 0 Å². The van der Waals surface area contributed by atoms with Crippen molar-refractivity contribution in [2.45, 2.75) is 50.6 Å². The first-order valence-electron chi connectivity index (χ1n) is 11.2. The number of nitrogens with zero attached hydrogens (tertiary/aromatic N) is 2. The number of carbonyl (C=O) groups is 3. The highest BCUT2D eigenvalue weighted by Gasteiger charge is 2.41. The monoisotopic (exact) mass is 539 g/mol. The molecule has 0 spiro atoms. The lowest BCUT2D eigenvalue weighted by Gasteiger charge is -2.29. The molecule has 1 aliphatic heterocycles. The van der Waals surface area contributed by atoms with Gasteiger partial charge in [-0.25, -0.2) is 12.7 Å². The van der Waals surface area contributed by atoms with Crippen molar-refractivity contribution in [1.82, 2.24) is 14.5 Å². The van der Waals surface area contributed by atoms with Crippen LogP contribution in [0, 0.1) is 0 Å². The standard InChI is InChI=1S/C24H27Cl2N3O5S/c1-3-4-12-27-23(31)16(2)28(15-17-9-10-19(25)20(26)14-17)22(30)11-13-29-24(32)18-7-5-6-8-21(18)35(29,33)34/h5-10,14,16H,3-4,11-13,15H2,1-2H3,(H,27,31). The second-order valence-electron chi connectivity index (χ2n) is 8.22. The van der Waals surface area contributed by atoms with E-state index in [9.17, 15) is 22.8 Å². The summed E-state index contributed by atoms with van der Waals surface area (Å²) in [7, 11) is -4.04. The van der Waals surface area contributed by atoms with Crippen LogP contribution >= 0.6 is 23.2 Å².